The molecule has 0 fully saturated rings. The standard InChI is InChI=1S/C23H21N/c1-18-9-7-14-21(17-18)24(20-12-3-2-4-13-20)23-16-8-11-19-10-5-6-15-22(19)23/h2-13,15-17,21H,14H2,1H3. The highest BCUT2D eigenvalue weighted by Crippen LogP contribution is 2.36. The molecule has 1 atom stereocenters. The van der Waals surface area contributed by atoms with Gasteiger partial charge in [-0.25, -0.2) is 0 Å². The van der Waals surface area contributed by atoms with Crippen LogP contribution >= 0.6 is 0 Å². The van der Waals surface area contributed by atoms with Gasteiger partial charge in [0.25, 0.3) is 0 Å². The monoisotopic (exact) mass is 311 g/mol. The summed E-state index contributed by atoms with van der Waals surface area (Å²) in [6.07, 6.45) is 7.88. The van der Waals surface area contributed by atoms with E-state index in [1.165, 1.54) is 27.7 Å². The van der Waals surface area contributed by atoms with Gasteiger partial charge in [0.2, 0.25) is 0 Å². The van der Waals surface area contributed by atoms with E-state index < -0.39 is 0 Å². The Morgan fingerprint density at radius 2 is 1.58 bits per heavy atom. The van der Waals surface area contributed by atoms with Crippen molar-refractivity contribution in [1.82, 2.24) is 0 Å². The number of hydrogen-bond acceptors (Lipinski definition) is 1. The molecule has 0 amide bonds. The maximum Gasteiger partial charge on any atom is 0.0562 e. The van der Waals surface area contributed by atoms with Crippen LogP contribution in [0, 0.1) is 0 Å². The van der Waals surface area contributed by atoms with Crippen LogP contribution < -0.4 is 4.90 Å². The molecular weight excluding hydrogens is 290 g/mol. The summed E-state index contributed by atoms with van der Waals surface area (Å²) in [5.41, 5.74) is 3.83. The molecular formula is C23H21N. The molecule has 1 unspecified atom stereocenters. The molecule has 3 aromatic carbocycles. The zero-order chi connectivity index (χ0) is 16.4. The van der Waals surface area contributed by atoms with E-state index in [4.69, 9.17) is 0 Å². The van der Waals surface area contributed by atoms with Crippen molar-refractivity contribution in [2.24, 2.45) is 0 Å². The Labute approximate surface area is 143 Å². The van der Waals surface area contributed by atoms with Crippen LogP contribution in [0.25, 0.3) is 10.8 Å². The summed E-state index contributed by atoms with van der Waals surface area (Å²) in [7, 11) is 0. The van der Waals surface area contributed by atoms with Crippen molar-refractivity contribution in [2.45, 2.75) is 19.4 Å². The molecule has 0 spiro atoms. The van der Waals surface area contributed by atoms with Crippen LogP contribution in [-0.4, -0.2) is 6.04 Å². The van der Waals surface area contributed by atoms with E-state index in [1.807, 2.05) is 0 Å². The number of nitrogens with zero attached hydrogens (tertiary/aromatic N) is 1. The predicted molar refractivity (Wildman–Crippen MR) is 104 cm³/mol. The molecule has 1 heteroatoms. The molecule has 0 N–H and O–H groups in total. The normalized spacial score (nSPS) is 16.9. The third-order valence-corrected chi connectivity index (χ3v) is 4.61. The Morgan fingerprint density at radius 1 is 0.833 bits per heavy atom. The van der Waals surface area contributed by atoms with Gasteiger partial charge in [0.15, 0.2) is 0 Å². The molecule has 118 valence electrons. The van der Waals surface area contributed by atoms with Gasteiger partial charge in [-0.2, -0.15) is 0 Å². The van der Waals surface area contributed by atoms with Gasteiger partial charge in [0, 0.05) is 16.8 Å². The summed E-state index contributed by atoms with van der Waals surface area (Å²) in [6.45, 7) is 2.18. The fraction of sp³-hybridized carbons (Fsp3) is 0.130. The molecule has 1 aliphatic carbocycles. The summed E-state index contributed by atoms with van der Waals surface area (Å²) in [5.74, 6) is 0. The third-order valence-electron chi connectivity index (χ3n) is 4.61. The van der Waals surface area contributed by atoms with Gasteiger partial charge < -0.3 is 4.90 Å². The van der Waals surface area contributed by atoms with Gasteiger partial charge in [0.1, 0.15) is 0 Å². The zero-order valence-electron chi connectivity index (χ0n) is 13.9. The second kappa shape index (κ2) is 6.37. The third kappa shape index (κ3) is 2.74. The first-order valence-electron chi connectivity index (χ1n) is 8.50. The highest BCUT2D eigenvalue weighted by atomic mass is 15.2. The lowest BCUT2D eigenvalue weighted by atomic mass is 9.99. The number of para-hydroxylation sites is 1. The van der Waals surface area contributed by atoms with E-state index in [1.54, 1.807) is 0 Å². The van der Waals surface area contributed by atoms with E-state index in [0.29, 0.717) is 6.04 Å². The Kier molecular flexibility index (Phi) is 3.92. The highest BCUT2D eigenvalue weighted by Gasteiger charge is 2.21. The molecule has 4 rings (SSSR count). The van der Waals surface area contributed by atoms with Crippen molar-refractivity contribution in [3.8, 4) is 0 Å². The second-order valence-electron chi connectivity index (χ2n) is 6.32. The molecule has 0 saturated carbocycles. The van der Waals surface area contributed by atoms with Crippen LogP contribution in [0.3, 0.4) is 0 Å². The van der Waals surface area contributed by atoms with E-state index in [9.17, 15) is 0 Å². The maximum atomic E-state index is 2.47. The van der Waals surface area contributed by atoms with E-state index in [2.05, 4.69) is 103 Å². The SMILES string of the molecule is CC1=CC(N(c2ccccc2)c2cccc3ccccc23)CC=C1. The van der Waals surface area contributed by atoms with Crippen LogP contribution in [0.15, 0.2) is 96.6 Å². The van der Waals surface area contributed by atoms with Crippen LogP contribution in [0.1, 0.15) is 13.3 Å². The average molecular weight is 311 g/mol. The summed E-state index contributed by atoms with van der Waals surface area (Å²) >= 11 is 0. The van der Waals surface area contributed by atoms with Crippen LogP contribution in [0.2, 0.25) is 0 Å². The van der Waals surface area contributed by atoms with E-state index in [0.717, 1.165) is 6.42 Å². The fourth-order valence-electron chi connectivity index (χ4n) is 3.52. The fourth-order valence-corrected chi connectivity index (χ4v) is 3.52. The van der Waals surface area contributed by atoms with Gasteiger partial charge in [-0.05, 0) is 36.9 Å². The number of fused-ring (bicyclic) bond motifs is 1. The van der Waals surface area contributed by atoms with E-state index >= 15 is 0 Å². The van der Waals surface area contributed by atoms with Gasteiger partial charge in [-0.15, -0.1) is 0 Å². The summed E-state index contributed by atoms with van der Waals surface area (Å²) in [6, 6.07) is 26.2. The first kappa shape index (κ1) is 14.8. The molecule has 0 bridgehead atoms. The minimum absolute atomic E-state index is 0.336. The smallest absolute Gasteiger partial charge is 0.0562 e. The molecule has 0 aromatic heterocycles. The number of rotatable bonds is 3. The van der Waals surface area contributed by atoms with Gasteiger partial charge >= 0.3 is 0 Å². The van der Waals surface area contributed by atoms with E-state index in [-0.39, 0.29) is 0 Å². The minimum atomic E-state index is 0.336. The average Bonchev–Trinajstić information content (AvgIpc) is 2.63. The second-order valence-corrected chi connectivity index (χ2v) is 6.32. The molecule has 1 nitrogen and oxygen atoms in total. The van der Waals surface area contributed by atoms with Crippen LogP contribution in [0.4, 0.5) is 11.4 Å². The van der Waals surface area contributed by atoms with Crippen LogP contribution in [0.5, 0.6) is 0 Å². The number of allylic oxidation sites excluding steroid dienone is 2. The number of hydrogen-bond donors (Lipinski definition) is 0. The first-order chi connectivity index (χ1) is 11.8. The summed E-state index contributed by atoms with van der Waals surface area (Å²) in [4.78, 5) is 2.47. The van der Waals surface area contributed by atoms with Crippen LogP contribution in [-0.2, 0) is 0 Å². The zero-order valence-corrected chi connectivity index (χ0v) is 13.9. The van der Waals surface area contributed by atoms with Crippen molar-refractivity contribution in [2.75, 3.05) is 4.90 Å². The lowest BCUT2D eigenvalue weighted by Crippen LogP contribution is -2.30. The summed E-state index contributed by atoms with van der Waals surface area (Å²) in [5, 5.41) is 2.58. The Morgan fingerprint density at radius 3 is 2.42 bits per heavy atom. The molecule has 0 aliphatic heterocycles. The van der Waals surface area contributed by atoms with Gasteiger partial charge in [-0.3, -0.25) is 0 Å². The van der Waals surface area contributed by atoms with Gasteiger partial charge in [0.05, 0.1) is 6.04 Å². The highest BCUT2D eigenvalue weighted by molar-refractivity contribution is 5.96. The first-order valence-corrected chi connectivity index (χ1v) is 8.50. The molecule has 3 aromatic rings. The quantitative estimate of drug-likeness (QED) is 0.552. The number of benzene rings is 3. The number of anilines is 2. The molecule has 1 aliphatic rings. The summed E-state index contributed by atoms with van der Waals surface area (Å²) < 4.78 is 0. The van der Waals surface area contributed by atoms with Gasteiger partial charge in [-0.1, -0.05) is 78.4 Å². The largest absolute Gasteiger partial charge is 0.334 e. The Hall–Kier alpha value is -2.80. The van der Waals surface area contributed by atoms with Crippen molar-refractivity contribution < 1.29 is 0 Å². The topological polar surface area (TPSA) is 3.24 Å². The minimum Gasteiger partial charge on any atom is -0.334 e. The lowest BCUT2D eigenvalue weighted by molar-refractivity contribution is 0.780. The molecule has 0 radical (unpaired) electrons. The van der Waals surface area contributed by atoms with Crippen molar-refractivity contribution in [3.05, 3.63) is 96.6 Å². The molecule has 0 heterocycles. The lowest BCUT2D eigenvalue weighted by Gasteiger charge is -2.34. The van der Waals surface area contributed by atoms with Crippen molar-refractivity contribution in [1.29, 1.82) is 0 Å². The van der Waals surface area contributed by atoms with Crippen molar-refractivity contribution >= 4 is 22.1 Å². The Bertz CT molecular complexity index is 900. The molecule has 0 saturated heterocycles. The van der Waals surface area contributed by atoms with Crippen molar-refractivity contribution in [3.63, 3.8) is 0 Å². The molecule has 24 heavy (non-hydrogen) atoms. The Balaban J connectivity index is 1.91. The predicted octanol–water partition coefficient (Wildman–Crippen LogP) is 6.25. The maximum absolute atomic E-state index is 2.47.